The van der Waals surface area contributed by atoms with E-state index < -0.39 is 5.97 Å². The Balaban J connectivity index is 2.05. The fourth-order valence-corrected chi connectivity index (χ4v) is 2.27. The molecule has 0 N–H and O–H groups in total. The number of esters is 1. The van der Waals surface area contributed by atoms with Crippen LogP contribution >= 0.6 is 11.6 Å². The molecule has 124 valence electrons. The third kappa shape index (κ3) is 4.70. The molecule has 0 atom stereocenters. The number of rotatable bonds is 6. The number of carbonyl (C=O) groups is 2. The molecule has 0 spiro atoms. The van der Waals surface area contributed by atoms with E-state index in [1.54, 1.807) is 36.4 Å². The lowest BCUT2D eigenvalue weighted by Crippen LogP contribution is -2.04. The van der Waals surface area contributed by atoms with Crippen molar-refractivity contribution in [2.24, 2.45) is 0 Å². The predicted molar refractivity (Wildman–Crippen MR) is 93.3 cm³/mol. The summed E-state index contributed by atoms with van der Waals surface area (Å²) in [5, 5.41) is 0.553. The van der Waals surface area contributed by atoms with Crippen molar-refractivity contribution >= 4 is 29.4 Å². The number of methoxy groups -OCH3 is 1. The number of ketones is 1. The molecule has 0 saturated heterocycles. The number of carbonyl (C=O) groups excluding carboxylic acids is 2. The van der Waals surface area contributed by atoms with Gasteiger partial charge < -0.3 is 9.47 Å². The molecule has 0 fully saturated rings. The van der Waals surface area contributed by atoms with Crippen LogP contribution < -0.4 is 4.74 Å². The molecule has 0 aromatic heterocycles. The molecule has 0 saturated carbocycles. The van der Waals surface area contributed by atoms with Gasteiger partial charge in [-0.3, -0.25) is 4.79 Å². The summed E-state index contributed by atoms with van der Waals surface area (Å²) in [6.45, 7) is 1.49. The van der Waals surface area contributed by atoms with E-state index in [1.807, 2.05) is 12.1 Å². The van der Waals surface area contributed by atoms with Crippen LogP contribution in [0.15, 0.2) is 48.5 Å². The zero-order valence-corrected chi connectivity index (χ0v) is 14.2. The van der Waals surface area contributed by atoms with Crippen molar-refractivity contribution < 1.29 is 19.1 Å². The summed E-state index contributed by atoms with van der Waals surface area (Å²) in [5.74, 6) is -0.0167. The van der Waals surface area contributed by atoms with Crippen molar-refractivity contribution in [1.82, 2.24) is 0 Å². The standard InChI is InChI=1S/C19H17ClO4/c1-13(21)15-7-9-18(23-2)16(11-15)12-24-19(22)10-8-14-5-3-4-6-17(14)20/h3-11H,12H2,1-2H3/b10-8+. The fourth-order valence-electron chi connectivity index (χ4n) is 2.08. The van der Waals surface area contributed by atoms with Crippen LogP contribution in [0.3, 0.4) is 0 Å². The molecule has 0 amide bonds. The van der Waals surface area contributed by atoms with Crippen molar-refractivity contribution in [3.8, 4) is 5.75 Å². The monoisotopic (exact) mass is 344 g/mol. The van der Waals surface area contributed by atoms with Gasteiger partial charge >= 0.3 is 5.97 Å². The van der Waals surface area contributed by atoms with Crippen LogP contribution in [0.4, 0.5) is 0 Å². The quantitative estimate of drug-likeness (QED) is 0.445. The third-order valence-corrected chi connectivity index (χ3v) is 3.71. The molecule has 5 heteroatoms. The normalized spacial score (nSPS) is 10.6. The van der Waals surface area contributed by atoms with Crippen LogP contribution in [0.1, 0.15) is 28.4 Å². The van der Waals surface area contributed by atoms with Gasteiger partial charge in [0.2, 0.25) is 0 Å². The van der Waals surface area contributed by atoms with Crippen molar-refractivity contribution in [3.05, 3.63) is 70.3 Å². The minimum atomic E-state index is -0.509. The Morgan fingerprint density at radius 1 is 1.17 bits per heavy atom. The maximum atomic E-state index is 11.9. The van der Waals surface area contributed by atoms with Gasteiger partial charge in [0.25, 0.3) is 0 Å². The van der Waals surface area contributed by atoms with Gasteiger partial charge in [0.15, 0.2) is 5.78 Å². The van der Waals surface area contributed by atoms with E-state index in [2.05, 4.69) is 0 Å². The second-order valence-electron chi connectivity index (χ2n) is 5.05. The van der Waals surface area contributed by atoms with Gasteiger partial charge in [-0.2, -0.15) is 0 Å². The smallest absolute Gasteiger partial charge is 0.331 e. The Morgan fingerprint density at radius 2 is 1.92 bits per heavy atom. The molecule has 0 aliphatic carbocycles. The minimum absolute atomic E-state index is 0.00991. The lowest BCUT2D eigenvalue weighted by Gasteiger charge is -2.09. The molecule has 2 aromatic rings. The van der Waals surface area contributed by atoms with Crippen molar-refractivity contribution in [2.75, 3.05) is 7.11 Å². The van der Waals surface area contributed by atoms with Gasteiger partial charge in [0.05, 0.1) is 7.11 Å². The van der Waals surface area contributed by atoms with Gasteiger partial charge in [0, 0.05) is 22.2 Å². The van der Waals surface area contributed by atoms with Gasteiger partial charge in [-0.15, -0.1) is 0 Å². The summed E-state index contributed by atoms with van der Waals surface area (Å²) in [5.41, 5.74) is 1.89. The first-order valence-corrected chi connectivity index (χ1v) is 7.66. The molecule has 0 bridgehead atoms. The van der Waals surface area contributed by atoms with Gasteiger partial charge in [-0.05, 0) is 42.8 Å². The van der Waals surface area contributed by atoms with E-state index in [4.69, 9.17) is 21.1 Å². The van der Waals surface area contributed by atoms with Crippen LogP contribution in [0, 0.1) is 0 Å². The Morgan fingerprint density at radius 3 is 2.58 bits per heavy atom. The van der Waals surface area contributed by atoms with Crippen molar-refractivity contribution in [1.29, 1.82) is 0 Å². The second kappa shape index (κ2) is 8.31. The number of halogens is 1. The van der Waals surface area contributed by atoms with E-state index in [1.165, 1.54) is 20.1 Å². The number of benzene rings is 2. The highest BCUT2D eigenvalue weighted by Gasteiger charge is 2.09. The molecule has 0 aliphatic rings. The maximum Gasteiger partial charge on any atom is 0.331 e. The van der Waals surface area contributed by atoms with E-state index >= 15 is 0 Å². The predicted octanol–water partition coefficient (Wildman–Crippen LogP) is 4.31. The van der Waals surface area contributed by atoms with Crippen LogP contribution in [0.25, 0.3) is 6.08 Å². The average molecular weight is 345 g/mol. The van der Waals surface area contributed by atoms with Crippen LogP contribution in [-0.4, -0.2) is 18.9 Å². The third-order valence-electron chi connectivity index (χ3n) is 3.36. The van der Waals surface area contributed by atoms with Crippen molar-refractivity contribution in [2.45, 2.75) is 13.5 Å². The number of hydrogen-bond donors (Lipinski definition) is 0. The first kappa shape index (κ1) is 17.8. The first-order chi connectivity index (χ1) is 11.5. The van der Waals surface area contributed by atoms with E-state index in [-0.39, 0.29) is 12.4 Å². The van der Waals surface area contributed by atoms with E-state index in [9.17, 15) is 9.59 Å². The summed E-state index contributed by atoms with van der Waals surface area (Å²) in [6, 6.07) is 12.2. The second-order valence-corrected chi connectivity index (χ2v) is 5.45. The molecule has 4 nitrogen and oxygen atoms in total. The topological polar surface area (TPSA) is 52.6 Å². The lowest BCUT2D eigenvalue weighted by molar-refractivity contribution is -0.138. The molecular weight excluding hydrogens is 328 g/mol. The minimum Gasteiger partial charge on any atom is -0.496 e. The van der Waals surface area contributed by atoms with Crippen molar-refractivity contribution in [3.63, 3.8) is 0 Å². The Kier molecular flexibility index (Phi) is 6.15. The van der Waals surface area contributed by atoms with E-state index in [0.717, 1.165) is 5.56 Å². The maximum absolute atomic E-state index is 11.9. The Bertz CT molecular complexity index is 781. The highest BCUT2D eigenvalue weighted by Crippen LogP contribution is 2.21. The van der Waals surface area contributed by atoms with Crippen LogP contribution in [0.5, 0.6) is 5.75 Å². The Labute approximate surface area is 145 Å². The largest absolute Gasteiger partial charge is 0.496 e. The zero-order valence-electron chi connectivity index (χ0n) is 13.4. The number of hydrogen-bond acceptors (Lipinski definition) is 4. The summed E-state index contributed by atoms with van der Waals surface area (Å²) in [6.07, 6.45) is 2.90. The first-order valence-electron chi connectivity index (χ1n) is 7.28. The zero-order chi connectivity index (χ0) is 17.5. The molecule has 24 heavy (non-hydrogen) atoms. The highest BCUT2D eigenvalue weighted by atomic mass is 35.5. The lowest BCUT2D eigenvalue weighted by atomic mass is 10.1. The highest BCUT2D eigenvalue weighted by molar-refractivity contribution is 6.32. The molecular formula is C19H17ClO4. The van der Waals surface area contributed by atoms with Gasteiger partial charge in [-0.25, -0.2) is 4.79 Å². The summed E-state index contributed by atoms with van der Waals surface area (Å²) in [7, 11) is 1.52. The fraction of sp³-hybridized carbons (Fsp3) is 0.158. The summed E-state index contributed by atoms with van der Waals surface area (Å²) < 4.78 is 10.4. The molecule has 2 aromatic carbocycles. The molecule has 0 aliphatic heterocycles. The SMILES string of the molecule is COc1ccc(C(C)=O)cc1COC(=O)/C=C/c1ccccc1Cl. The number of ether oxygens (including phenoxy) is 2. The number of Topliss-reactive ketones (excluding diaryl/α,β-unsaturated/α-hetero) is 1. The van der Waals surface area contributed by atoms with E-state index in [0.29, 0.717) is 21.9 Å². The molecule has 2 rings (SSSR count). The van der Waals surface area contributed by atoms with Gasteiger partial charge in [0.1, 0.15) is 12.4 Å². The van der Waals surface area contributed by atoms with Gasteiger partial charge in [-0.1, -0.05) is 29.8 Å². The summed E-state index contributed by atoms with van der Waals surface area (Å²) >= 11 is 6.02. The Hall–Kier alpha value is -2.59. The average Bonchev–Trinajstić information content (AvgIpc) is 2.58. The molecule has 0 unspecified atom stereocenters. The molecule has 0 radical (unpaired) electrons. The summed E-state index contributed by atoms with van der Waals surface area (Å²) in [4.78, 5) is 23.3. The van der Waals surface area contributed by atoms with Crippen LogP contribution in [0.2, 0.25) is 5.02 Å². The molecule has 0 heterocycles. The van der Waals surface area contributed by atoms with Crippen LogP contribution in [-0.2, 0) is 16.1 Å².